The van der Waals surface area contributed by atoms with E-state index in [1.54, 1.807) is 11.8 Å². The van der Waals surface area contributed by atoms with E-state index < -0.39 is 0 Å². The highest BCUT2D eigenvalue weighted by atomic mass is 79.9. The summed E-state index contributed by atoms with van der Waals surface area (Å²) in [5.41, 5.74) is 0.748. The average molecular weight is 386 g/mol. The second-order valence-corrected chi connectivity index (χ2v) is 6.44. The van der Waals surface area contributed by atoms with Crippen LogP contribution in [0.2, 0.25) is 0 Å². The number of carbonyl (C=O) groups excluding carboxylic acids is 1. The summed E-state index contributed by atoms with van der Waals surface area (Å²) in [6.07, 6.45) is 0. The van der Waals surface area contributed by atoms with E-state index in [1.807, 2.05) is 48.5 Å². The Morgan fingerprint density at radius 3 is 2.33 bits per heavy atom. The van der Waals surface area contributed by atoms with Gasteiger partial charge >= 0.3 is 0 Å². The number of rotatable bonds is 4. The molecule has 18 heavy (non-hydrogen) atoms. The minimum Gasteiger partial charge on any atom is -0.293 e. The van der Waals surface area contributed by atoms with Crippen LogP contribution in [0.3, 0.4) is 0 Å². The van der Waals surface area contributed by atoms with E-state index >= 15 is 0 Å². The monoisotopic (exact) mass is 384 g/mol. The molecule has 0 aliphatic carbocycles. The van der Waals surface area contributed by atoms with Gasteiger partial charge < -0.3 is 0 Å². The molecule has 2 aromatic rings. The molecule has 0 aliphatic heterocycles. The number of halogens is 2. The predicted octanol–water partition coefficient (Wildman–Crippen LogP) is 5.19. The van der Waals surface area contributed by atoms with Crippen LogP contribution in [0, 0.1) is 0 Å². The molecular weight excluding hydrogens is 376 g/mol. The van der Waals surface area contributed by atoms with E-state index in [0.717, 1.165) is 19.4 Å². The summed E-state index contributed by atoms with van der Waals surface area (Å²) in [7, 11) is 0. The van der Waals surface area contributed by atoms with Crippen molar-refractivity contribution >= 4 is 49.4 Å². The topological polar surface area (TPSA) is 17.1 Å². The maximum atomic E-state index is 12.0. The molecule has 0 amide bonds. The van der Waals surface area contributed by atoms with Crippen molar-refractivity contribution in [2.24, 2.45) is 0 Å². The van der Waals surface area contributed by atoms with E-state index in [2.05, 4.69) is 31.9 Å². The summed E-state index contributed by atoms with van der Waals surface area (Å²) in [6.45, 7) is 0. The lowest BCUT2D eigenvalue weighted by molar-refractivity contribution is 0.102. The van der Waals surface area contributed by atoms with Gasteiger partial charge in [0.05, 0.1) is 5.75 Å². The van der Waals surface area contributed by atoms with Gasteiger partial charge in [-0.2, -0.15) is 0 Å². The Kier molecular flexibility index (Phi) is 5.03. The second kappa shape index (κ2) is 6.55. The van der Waals surface area contributed by atoms with Gasteiger partial charge in [-0.25, -0.2) is 0 Å². The molecule has 0 fully saturated rings. The summed E-state index contributed by atoms with van der Waals surface area (Å²) < 4.78 is 2.01. The fourth-order valence-corrected chi connectivity index (χ4v) is 3.15. The van der Waals surface area contributed by atoms with E-state index in [4.69, 9.17) is 0 Å². The van der Waals surface area contributed by atoms with Crippen molar-refractivity contribution in [3.63, 3.8) is 0 Å². The number of Topliss-reactive ketones (excluding diaryl/α,β-unsaturated/α-hetero) is 1. The third-order valence-corrected chi connectivity index (χ3v) is 4.92. The zero-order chi connectivity index (χ0) is 13.0. The number of benzene rings is 2. The smallest absolute Gasteiger partial charge is 0.173 e. The summed E-state index contributed by atoms with van der Waals surface area (Å²) in [6, 6.07) is 15.4. The van der Waals surface area contributed by atoms with Gasteiger partial charge in [0.2, 0.25) is 0 Å². The standard InChI is InChI=1S/C14H10Br2OS/c15-11-7-5-10(6-8-11)13(17)9-18-14-4-2-1-3-12(14)16/h1-8H,9H2. The second-order valence-electron chi connectivity index (χ2n) is 3.65. The van der Waals surface area contributed by atoms with E-state index in [0.29, 0.717) is 5.75 Å². The quantitative estimate of drug-likeness (QED) is 0.532. The zero-order valence-electron chi connectivity index (χ0n) is 9.40. The van der Waals surface area contributed by atoms with E-state index in [9.17, 15) is 4.79 Å². The van der Waals surface area contributed by atoms with Crippen molar-refractivity contribution in [2.45, 2.75) is 4.90 Å². The fraction of sp³-hybridized carbons (Fsp3) is 0.0714. The van der Waals surface area contributed by atoms with Gasteiger partial charge in [-0.05, 0) is 40.2 Å². The first-order valence-electron chi connectivity index (χ1n) is 5.33. The number of ketones is 1. The SMILES string of the molecule is O=C(CSc1ccccc1Br)c1ccc(Br)cc1. The number of hydrogen-bond acceptors (Lipinski definition) is 2. The molecule has 92 valence electrons. The molecular formula is C14H10Br2OS. The average Bonchev–Trinajstić information content (AvgIpc) is 2.38. The van der Waals surface area contributed by atoms with E-state index in [1.165, 1.54) is 0 Å². The summed E-state index contributed by atoms with van der Waals surface area (Å²) >= 11 is 8.38. The van der Waals surface area contributed by atoms with Crippen molar-refractivity contribution in [2.75, 3.05) is 5.75 Å². The summed E-state index contributed by atoms with van der Waals surface area (Å²) in [5, 5.41) is 0. The molecule has 2 aromatic carbocycles. The van der Waals surface area contributed by atoms with Gasteiger partial charge in [-0.3, -0.25) is 4.79 Å². The molecule has 0 aromatic heterocycles. The van der Waals surface area contributed by atoms with Gasteiger partial charge in [0.25, 0.3) is 0 Å². The van der Waals surface area contributed by atoms with Gasteiger partial charge in [0, 0.05) is 19.4 Å². The van der Waals surface area contributed by atoms with Gasteiger partial charge in [0.1, 0.15) is 0 Å². The molecule has 0 spiro atoms. The molecule has 0 N–H and O–H groups in total. The molecule has 1 nitrogen and oxygen atoms in total. The van der Waals surface area contributed by atoms with Gasteiger partial charge in [0.15, 0.2) is 5.78 Å². The molecule has 0 unspecified atom stereocenters. The van der Waals surface area contributed by atoms with E-state index in [-0.39, 0.29) is 5.78 Å². The molecule has 0 radical (unpaired) electrons. The van der Waals surface area contributed by atoms with Crippen LogP contribution < -0.4 is 0 Å². The Hall–Kier alpha value is -0.580. The first-order chi connectivity index (χ1) is 8.66. The largest absolute Gasteiger partial charge is 0.293 e. The van der Waals surface area contributed by atoms with Crippen LogP contribution in [-0.4, -0.2) is 11.5 Å². The number of thioether (sulfide) groups is 1. The molecule has 0 saturated heterocycles. The Morgan fingerprint density at radius 2 is 1.67 bits per heavy atom. The first kappa shape index (κ1) is 13.8. The normalized spacial score (nSPS) is 10.3. The lowest BCUT2D eigenvalue weighted by Gasteiger charge is -2.04. The molecule has 0 saturated carbocycles. The Labute approximate surface area is 127 Å². The van der Waals surface area contributed by atoms with Crippen molar-refractivity contribution in [1.29, 1.82) is 0 Å². The minimum atomic E-state index is 0.142. The highest BCUT2D eigenvalue weighted by molar-refractivity contribution is 9.10. The summed E-state index contributed by atoms with van der Waals surface area (Å²) in [5.74, 6) is 0.591. The Morgan fingerprint density at radius 1 is 1.00 bits per heavy atom. The number of hydrogen-bond donors (Lipinski definition) is 0. The Bertz CT molecular complexity index is 552. The van der Waals surface area contributed by atoms with Crippen molar-refractivity contribution in [3.8, 4) is 0 Å². The maximum absolute atomic E-state index is 12.0. The third kappa shape index (κ3) is 3.70. The van der Waals surface area contributed by atoms with Gasteiger partial charge in [-0.1, -0.05) is 40.2 Å². The van der Waals surface area contributed by atoms with Crippen LogP contribution in [0.15, 0.2) is 62.4 Å². The van der Waals surface area contributed by atoms with Crippen LogP contribution in [0.25, 0.3) is 0 Å². The molecule has 0 aliphatic rings. The third-order valence-electron chi connectivity index (χ3n) is 2.36. The number of carbonyl (C=O) groups is 1. The van der Waals surface area contributed by atoms with Crippen LogP contribution in [0.5, 0.6) is 0 Å². The molecule has 2 rings (SSSR count). The maximum Gasteiger partial charge on any atom is 0.173 e. The molecule has 4 heteroatoms. The van der Waals surface area contributed by atoms with Crippen LogP contribution >= 0.6 is 43.6 Å². The first-order valence-corrected chi connectivity index (χ1v) is 7.90. The van der Waals surface area contributed by atoms with Crippen molar-refractivity contribution in [1.82, 2.24) is 0 Å². The molecule has 0 bridgehead atoms. The highest BCUT2D eigenvalue weighted by Gasteiger charge is 2.07. The van der Waals surface area contributed by atoms with Crippen LogP contribution in [0.4, 0.5) is 0 Å². The molecule has 0 atom stereocenters. The minimum absolute atomic E-state index is 0.142. The van der Waals surface area contributed by atoms with Crippen molar-refractivity contribution < 1.29 is 4.79 Å². The molecule has 0 heterocycles. The lowest BCUT2D eigenvalue weighted by Crippen LogP contribution is -2.01. The Balaban J connectivity index is 2.01. The van der Waals surface area contributed by atoms with Gasteiger partial charge in [-0.15, -0.1) is 11.8 Å². The lowest BCUT2D eigenvalue weighted by atomic mass is 10.2. The zero-order valence-corrected chi connectivity index (χ0v) is 13.4. The van der Waals surface area contributed by atoms with Crippen LogP contribution in [0.1, 0.15) is 10.4 Å². The fourth-order valence-electron chi connectivity index (χ4n) is 1.42. The van der Waals surface area contributed by atoms with Crippen LogP contribution in [-0.2, 0) is 0 Å². The van der Waals surface area contributed by atoms with Crippen molar-refractivity contribution in [3.05, 3.63) is 63.0 Å². The summed E-state index contributed by atoms with van der Waals surface area (Å²) in [4.78, 5) is 13.1. The highest BCUT2D eigenvalue weighted by Crippen LogP contribution is 2.27. The predicted molar refractivity (Wildman–Crippen MR) is 83.3 cm³/mol.